The number of nitrogens with zero attached hydrogens (tertiary/aromatic N) is 8. The Morgan fingerprint density at radius 1 is 0.534 bits per heavy atom. The summed E-state index contributed by atoms with van der Waals surface area (Å²) < 4.78 is 11.8. The van der Waals surface area contributed by atoms with Crippen LogP contribution in [0.5, 0.6) is 0 Å². The Balaban J connectivity index is 0.000000198. The number of ether oxygens (including phenoxy) is 2. The van der Waals surface area contributed by atoms with Gasteiger partial charge in [-0.25, -0.2) is 34.2 Å². The van der Waals surface area contributed by atoms with E-state index in [4.69, 9.17) is 19.4 Å². The van der Waals surface area contributed by atoms with Crippen molar-refractivity contribution in [3.05, 3.63) is 148 Å². The first-order valence-electron chi connectivity index (χ1n) is 18.8. The van der Waals surface area contributed by atoms with E-state index < -0.39 is 18.5 Å². The van der Waals surface area contributed by atoms with Gasteiger partial charge >= 0.3 is 11.9 Å². The summed E-state index contributed by atoms with van der Waals surface area (Å²) in [6.07, 6.45) is 1.47. The lowest BCUT2D eigenvalue weighted by molar-refractivity contribution is 0.0506. The SMILES string of the molecule is CCOC(=O)c1nc(-c2ccc(C)cc2)c(-c2ccc(C)cc2)nc1CO.CCOC(=O)c1nc(-c2ccc(C)cc2)c(-c2ccc(C)cc2)nc1Cn1cnnn1. The van der Waals surface area contributed by atoms with Crippen LogP contribution in [0.1, 0.15) is 68.5 Å². The quantitative estimate of drug-likeness (QED) is 0.127. The van der Waals surface area contributed by atoms with Crippen LogP contribution in [0.15, 0.2) is 103 Å². The van der Waals surface area contributed by atoms with Gasteiger partial charge in [0.05, 0.1) is 60.5 Å². The monoisotopic (exact) mass is 776 g/mol. The van der Waals surface area contributed by atoms with Gasteiger partial charge in [-0.1, -0.05) is 119 Å². The van der Waals surface area contributed by atoms with Gasteiger partial charge in [0.25, 0.3) is 0 Å². The molecule has 7 rings (SSSR count). The maximum absolute atomic E-state index is 12.7. The Kier molecular flexibility index (Phi) is 13.2. The summed E-state index contributed by atoms with van der Waals surface area (Å²) in [4.78, 5) is 43.8. The van der Waals surface area contributed by atoms with E-state index in [1.807, 2.05) is 125 Å². The fraction of sp³-hybridized carbons (Fsp3) is 0.222. The molecule has 0 aliphatic rings. The molecule has 1 N–H and O–H groups in total. The topological polar surface area (TPSA) is 168 Å². The summed E-state index contributed by atoms with van der Waals surface area (Å²) in [5, 5.41) is 21.0. The van der Waals surface area contributed by atoms with Crippen molar-refractivity contribution in [2.75, 3.05) is 13.2 Å². The molecule has 7 aromatic rings. The average Bonchev–Trinajstić information content (AvgIpc) is 3.75. The minimum absolute atomic E-state index is 0.0470. The predicted octanol–water partition coefficient (Wildman–Crippen LogP) is 7.74. The second-order valence-corrected chi connectivity index (χ2v) is 13.5. The Morgan fingerprint density at radius 2 is 0.879 bits per heavy atom. The number of hydrogen-bond acceptors (Lipinski definition) is 12. The molecule has 0 radical (unpaired) electrons. The minimum Gasteiger partial charge on any atom is -0.461 e. The molecule has 0 bridgehead atoms. The molecule has 0 atom stereocenters. The number of carbonyl (C=O) groups excluding carboxylic acids is 2. The summed E-state index contributed by atoms with van der Waals surface area (Å²) in [6.45, 7) is 11.8. The van der Waals surface area contributed by atoms with Gasteiger partial charge in [0.2, 0.25) is 0 Å². The van der Waals surface area contributed by atoms with Gasteiger partial charge < -0.3 is 14.6 Å². The minimum atomic E-state index is -0.585. The lowest BCUT2D eigenvalue weighted by atomic mass is 10.0. The zero-order valence-corrected chi connectivity index (χ0v) is 33.3. The summed E-state index contributed by atoms with van der Waals surface area (Å²) in [5.74, 6) is -1.11. The molecule has 4 aromatic carbocycles. The molecule has 3 aromatic heterocycles. The summed E-state index contributed by atoms with van der Waals surface area (Å²) in [6, 6.07) is 31.8. The first kappa shape index (κ1) is 40.7. The number of aliphatic hydroxyl groups is 1. The van der Waals surface area contributed by atoms with Crippen molar-refractivity contribution < 1.29 is 24.2 Å². The number of benzene rings is 4. The highest BCUT2D eigenvalue weighted by molar-refractivity contribution is 5.92. The standard InChI is InChI=1S/C23H22N6O2.C22H22N2O3/c1-4-31-23(30)22-19(13-29-14-24-27-28-29)25-20(17-9-5-15(2)6-10-17)21(26-22)18-11-7-16(3)8-12-18;1-4-27-22(26)21-18(13-25)23-19(16-9-5-14(2)6-10-16)20(24-21)17-11-7-15(3)8-12-17/h5-12,14H,4,13H2,1-3H3;5-12,25H,4,13H2,1-3H3. The van der Waals surface area contributed by atoms with E-state index in [9.17, 15) is 14.7 Å². The smallest absolute Gasteiger partial charge is 0.358 e. The fourth-order valence-corrected chi connectivity index (χ4v) is 5.94. The molecule has 294 valence electrons. The van der Waals surface area contributed by atoms with E-state index in [2.05, 4.69) is 25.5 Å². The Hall–Kier alpha value is -6.99. The highest BCUT2D eigenvalue weighted by Gasteiger charge is 2.24. The highest BCUT2D eigenvalue weighted by Crippen LogP contribution is 2.32. The normalized spacial score (nSPS) is 10.7. The average molecular weight is 777 g/mol. The number of carbonyl (C=O) groups is 2. The van der Waals surface area contributed by atoms with Gasteiger partial charge in [-0.3, -0.25) is 0 Å². The number of aryl methyl sites for hydroxylation is 4. The molecule has 0 fully saturated rings. The van der Waals surface area contributed by atoms with Gasteiger partial charge in [0, 0.05) is 22.3 Å². The zero-order chi connectivity index (χ0) is 41.2. The Labute approximate surface area is 336 Å². The lowest BCUT2D eigenvalue weighted by Crippen LogP contribution is -2.16. The molecule has 13 heteroatoms. The van der Waals surface area contributed by atoms with Gasteiger partial charge in [-0.2, -0.15) is 0 Å². The summed E-state index contributed by atoms with van der Waals surface area (Å²) in [7, 11) is 0. The van der Waals surface area contributed by atoms with Crippen molar-refractivity contribution in [1.82, 2.24) is 40.1 Å². The molecule has 0 saturated heterocycles. The molecular weight excluding hydrogens is 733 g/mol. The third kappa shape index (κ3) is 9.68. The molecule has 0 spiro atoms. The van der Waals surface area contributed by atoms with Crippen LogP contribution in [0.25, 0.3) is 45.0 Å². The molecule has 0 aliphatic heterocycles. The van der Waals surface area contributed by atoms with Crippen molar-refractivity contribution in [3.63, 3.8) is 0 Å². The lowest BCUT2D eigenvalue weighted by Gasteiger charge is -2.15. The van der Waals surface area contributed by atoms with Gasteiger partial charge in [-0.15, -0.1) is 5.10 Å². The van der Waals surface area contributed by atoms with Crippen LogP contribution in [0.2, 0.25) is 0 Å². The fourth-order valence-electron chi connectivity index (χ4n) is 5.94. The van der Waals surface area contributed by atoms with Gasteiger partial charge in [0.1, 0.15) is 6.33 Å². The summed E-state index contributed by atoms with van der Waals surface area (Å²) >= 11 is 0. The molecule has 58 heavy (non-hydrogen) atoms. The van der Waals surface area contributed by atoms with Crippen LogP contribution in [0.4, 0.5) is 0 Å². The first-order chi connectivity index (χ1) is 28.1. The third-order valence-electron chi connectivity index (χ3n) is 9.03. The zero-order valence-electron chi connectivity index (χ0n) is 33.3. The second-order valence-electron chi connectivity index (χ2n) is 13.5. The van der Waals surface area contributed by atoms with Crippen LogP contribution in [0, 0.1) is 27.7 Å². The van der Waals surface area contributed by atoms with Gasteiger partial charge in [-0.05, 0) is 52.0 Å². The predicted molar refractivity (Wildman–Crippen MR) is 220 cm³/mol. The maximum Gasteiger partial charge on any atom is 0.358 e. The molecule has 0 unspecified atom stereocenters. The van der Waals surface area contributed by atoms with Crippen molar-refractivity contribution >= 4 is 11.9 Å². The van der Waals surface area contributed by atoms with Gasteiger partial charge in [0.15, 0.2) is 11.4 Å². The van der Waals surface area contributed by atoms with Crippen molar-refractivity contribution in [1.29, 1.82) is 0 Å². The van der Waals surface area contributed by atoms with Crippen molar-refractivity contribution in [2.45, 2.75) is 54.7 Å². The Morgan fingerprint density at radius 3 is 1.21 bits per heavy atom. The summed E-state index contributed by atoms with van der Waals surface area (Å²) in [5.41, 5.74) is 11.4. The number of hydrogen-bond donors (Lipinski definition) is 1. The van der Waals surface area contributed by atoms with Crippen molar-refractivity contribution in [2.24, 2.45) is 0 Å². The van der Waals surface area contributed by atoms with Crippen molar-refractivity contribution in [3.8, 4) is 45.0 Å². The van der Waals surface area contributed by atoms with Crippen LogP contribution in [0.3, 0.4) is 0 Å². The van der Waals surface area contributed by atoms with E-state index in [1.54, 1.807) is 13.8 Å². The molecular formula is C45H44N8O5. The Bertz CT molecular complexity index is 2490. The number of aromatic nitrogens is 8. The molecule has 13 nitrogen and oxygen atoms in total. The number of aliphatic hydroxyl groups excluding tert-OH is 1. The van der Waals surface area contributed by atoms with E-state index in [0.717, 1.165) is 44.5 Å². The van der Waals surface area contributed by atoms with Crippen LogP contribution in [-0.2, 0) is 22.6 Å². The number of esters is 2. The number of rotatable bonds is 11. The third-order valence-corrected chi connectivity index (χ3v) is 9.03. The highest BCUT2D eigenvalue weighted by atomic mass is 16.5. The van der Waals surface area contributed by atoms with Crippen LogP contribution < -0.4 is 0 Å². The largest absolute Gasteiger partial charge is 0.461 e. The van der Waals surface area contributed by atoms with E-state index in [0.29, 0.717) is 28.5 Å². The molecule has 0 amide bonds. The van der Waals surface area contributed by atoms with Crippen LogP contribution >= 0.6 is 0 Å². The maximum atomic E-state index is 12.7. The first-order valence-corrected chi connectivity index (χ1v) is 18.8. The number of tetrazole rings is 1. The van der Waals surface area contributed by atoms with Crippen LogP contribution in [-0.4, -0.2) is 70.4 Å². The van der Waals surface area contributed by atoms with E-state index in [1.165, 1.54) is 11.0 Å². The molecule has 3 heterocycles. The molecule has 0 saturated carbocycles. The van der Waals surface area contributed by atoms with E-state index >= 15 is 0 Å². The van der Waals surface area contributed by atoms with E-state index in [-0.39, 0.29) is 36.8 Å². The second kappa shape index (κ2) is 18.8. The molecule has 0 aliphatic carbocycles.